The molecular formula is C17H22N4OS. The summed E-state index contributed by atoms with van der Waals surface area (Å²) < 4.78 is 7.51. The summed E-state index contributed by atoms with van der Waals surface area (Å²) in [6.45, 7) is 3.67. The van der Waals surface area contributed by atoms with Crippen LogP contribution in [0.1, 0.15) is 26.2 Å². The monoisotopic (exact) mass is 330 g/mol. The Morgan fingerprint density at radius 2 is 2.22 bits per heavy atom. The topological polar surface area (TPSA) is 55.7 Å². The van der Waals surface area contributed by atoms with Crippen LogP contribution < -0.4 is 4.74 Å². The Labute approximate surface area is 140 Å². The molecule has 0 aliphatic rings. The lowest BCUT2D eigenvalue weighted by atomic mass is 10.2. The number of nitrogens with one attached hydrogen (secondary N) is 1. The van der Waals surface area contributed by atoms with Gasteiger partial charge in [0.25, 0.3) is 0 Å². The fourth-order valence-corrected chi connectivity index (χ4v) is 3.33. The molecule has 3 aromatic rings. The Morgan fingerprint density at radius 3 is 3.04 bits per heavy atom. The van der Waals surface area contributed by atoms with Crippen molar-refractivity contribution in [1.29, 1.82) is 0 Å². The molecule has 6 heteroatoms. The first-order valence-electron chi connectivity index (χ1n) is 8.08. The first-order valence-corrected chi connectivity index (χ1v) is 9.06. The number of ether oxygens (including phenoxy) is 1. The van der Waals surface area contributed by atoms with E-state index in [9.17, 15) is 0 Å². The molecule has 1 N–H and O–H groups in total. The van der Waals surface area contributed by atoms with Crippen molar-refractivity contribution in [2.75, 3.05) is 12.4 Å². The molecule has 0 aliphatic heterocycles. The van der Waals surface area contributed by atoms with Crippen LogP contribution in [-0.2, 0) is 6.54 Å². The van der Waals surface area contributed by atoms with Crippen LogP contribution in [0.2, 0.25) is 0 Å². The number of H-pyrrole nitrogens is 1. The number of rotatable bonds is 9. The van der Waals surface area contributed by atoms with Gasteiger partial charge >= 0.3 is 0 Å². The van der Waals surface area contributed by atoms with Crippen LogP contribution in [0.25, 0.3) is 11.0 Å². The van der Waals surface area contributed by atoms with E-state index in [1.165, 1.54) is 19.3 Å². The van der Waals surface area contributed by atoms with Gasteiger partial charge in [-0.25, -0.2) is 4.98 Å². The summed E-state index contributed by atoms with van der Waals surface area (Å²) in [6, 6.07) is 7.95. The van der Waals surface area contributed by atoms with Gasteiger partial charge < -0.3 is 9.72 Å². The van der Waals surface area contributed by atoms with Gasteiger partial charge in [0.15, 0.2) is 5.16 Å². The number of imidazole rings is 1. The molecule has 3 rings (SSSR count). The van der Waals surface area contributed by atoms with E-state index in [2.05, 4.69) is 15.1 Å². The largest absolute Gasteiger partial charge is 0.494 e. The molecule has 0 saturated heterocycles. The molecule has 0 spiro atoms. The van der Waals surface area contributed by atoms with Crippen molar-refractivity contribution in [2.24, 2.45) is 0 Å². The normalized spacial score (nSPS) is 11.2. The molecule has 1 aromatic carbocycles. The number of benzene rings is 1. The van der Waals surface area contributed by atoms with Gasteiger partial charge in [0.2, 0.25) is 0 Å². The van der Waals surface area contributed by atoms with E-state index in [0.29, 0.717) is 6.61 Å². The first-order chi connectivity index (χ1) is 11.3. The second-order valence-corrected chi connectivity index (χ2v) is 6.42. The fraction of sp³-hybridized carbons (Fsp3) is 0.412. The molecule has 122 valence electrons. The summed E-state index contributed by atoms with van der Waals surface area (Å²) >= 11 is 1.78. The minimum atomic E-state index is 0.680. The maximum atomic E-state index is 5.52. The number of hydrogen-bond acceptors (Lipinski definition) is 4. The number of aryl methyl sites for hydroxylation is 1. The fourth-order valence-electron chi connectivity index (χ4n) is 2.44. The van der Waals surface area contributed by atoms with Crippen LogP contribution in [0, 0.1) is 0 Å². The Kier molecular flexibility index (Phi) is 5.58. The van der Waals surface area contributed by atoms with E-state index in [-0.39, 0.29) is 0 Å². The molecule has 0 fully saturated rings. The maximum Gasteiger partial charge on any atom is 0.166 e. The molecule has 0 radical (unpaired) electrons. The number of unbranched alkanes of at least 4 members (excludes halogenated alkanes) is 2. The van der Waals surface area contributed by atoms with Gasteiger partial charge in [-0.2, -0.15) is 5.10 Å². The summed E-state index contributed by atoms with van der Waals surface area (Å²) in [5, 5.41) is 5.20. The third kappa shape index (κ3) is 4.51. The highest BCUT2D eigenvalue weighted by Crippen LogP contribution is 2.24. The number of hydrogen-bond donors (Lipinski definition) is 1. The average Bonchev–Trinajstić information content (AvgIpc) is 3.19. The molecule has 0 bridgehead atoms. The lowest BCUT2D eigenvalue weighted by molar-refractivity contribution is 0.340. The van der Waals surface area contributed by atoms with Crippen molar-refractivity contribution in [3.8, 4) is 5.75 Å². The van der Waals surface area contributed by atoms with Crippen LogP contribution in [0.4, 0.5) is 0 Å². The van der Waals surface area contributed by atoms with Gasteiger partial charge in [0.05, 0.1) is 17.6 Å². The predicted octanol–water partition coefficient (Wildman–Crippen LogP) is 4.12. The number of nitrogens with zero attached hydrogens (tertiary/aromatic N) is 3. The molecule has 2 aromatic heterocycles. The zero-order chi connectivity index (χ0) is 15.9. The average molecular weight is 330 g/mol. The number of aromatic nitrogens is 4. The van der Waals surface area contributed by atoms with Crippen LogP contribution >= 0.6 is 11.8 Å². The molecule has 0 amide bonds. The highest BCUT2D eigenvalue weighted by atomic mass is 32.2. The highest BCUT2D eigenvalue weighted by molar-refractivity contribution is 7.99. The summed E-state index contributed by atoms with van der Waals surface area (Å²) in [4.78, 5) is 7.98. The van der Waals surface area contributed by atoms with E-state index in [1.54, 1.807) is 11.8 Å². The maximum absolute atomic E-state index is 5.52. The molecule has 2 heterocycles. The summed E-state index contributed by atoms with van der Waals surface area (Å²) in [5.74, 6) is 1.97. The van der Waals surface area contributed by atoms with Gasteiger partial charge in [0.1, 0.15) is 5.75 Å². The second-order valence-electron chi connectivity index (χ2n) is 5.33. The van der Waals surface area contributed by atoms with Gasteiger partial charge in [0, 0.05) is 30.8 Å². The lowest BCUT2D eigenvalue weighted by Gasteiger charge is -2.01. The zero-order valence-corrected chi connectivity index (χ0v) is 14.2. The number of thioether (sulfide) groups is 1. The lowest BCUT2D eigenvalue weighted by Crippen LogP contribution is -1.98. The molecule has 5 nitrogen and oxygen atoms in total. The second kappa shape index (κ2) is 8.06. The third-order valence-electron chi connectivity index (χ3n) is 3.57. The van der Waals surface area contributed by atoms with Crippen LogP contribution in [0.15, 0.2) is 41.8 Å². The Hall–Kier alpha value is -1.95. The standard InChI is InChI=1S/C17H22N4OS/c1-2-22-14-7-8-15-16(13-14)20-17(19-15)23-12-5-3-4-10-21-11-6-9-18-21/h6-9,11,13H,2-5,10,12H2,1H3,(H,19,20). The van der Waals surface area contributed by atoms with Crippen molar-refractivity contribution in [3.63, 3.8) is 0 Å². The van der Waals surface area contributed by atoms with Gasteiger partial charge in [-0.1, -0.05) is 18.2 Å². The Bertz CT molecular complexity index is 723. The Morgan fingerprint density at radius 1 is 1.26 bits per heavy atom. The molecule has 0 atom stereocenters. The summed E-state index contributed by atoms with van der Waals surface area (Å²) in [6.07, 6.45) is 7.41. The van der Waals surface area contributed by atoms with Crippen molar-refractivity contribution in [1.82, 2.24) is 19.7 Å². The third-order valence-corrected chi connectivity index (χ3v) is 4.53. The number of aromatic amines is 1. The van der Waals surface area contributed by atoms with E-state index in [4.69, 9.17) is 4.74 Å². The van der Waals surface area contributed by atoms with Crippen LogP contribution in [0.5, 0.6) is 5.75 Å². The van der Waals surface area contributed by atoms with Crippen molar-refractivity contribution >= 4 is 22.8 Å². The quantitative estimate of drug-likeness (QED) is 0.473. The smallest absolute Gasteiger partial charge is 0.166 e. The minimum Gasteiger partial charge on any atom is -0.494 e. The van der Waals surface area contributed by atoms with Crippen LogP contribution in [0.3, 0.4) is 0 Å². The van der Waals surface area contributed by atoms with E-state index in [0.717, 1.165) is 34.2 Å². The highest BCUT2D eigenvalue weighted by Gasteiger charge is 2.04. The van der Waals surface area contributed by atoms with E-state index >= 15 is 0 Å². The van der Waals surface area contributed by atoms with Crippen molar-refractivity contribution in [3.05, 3.63) is 36.7 Å². The molecule has 0 unspecified atom stereocenters. The zero-order valence-electron chi connectivity index (χ0n) is 13.4. The summed E-state index contributed by atoms with van der Waals surface area (Å²) in [7, 11) is 0. The minimum absolute atomic E-state index is 0.680. The number of fused-ring (bicyclic) bond motifs is 1. The molecule has 0 saturated carbocycles. The predicted molar refractivity (Wildman–Crippen MR) is 94.1 cm³/mol. The SMILES string of the molecule is CCOc1ccc2nc(SCCCCCn3cccn3)[nH]c2c1. The van der Waals surface area contributed by atoms with Gasteiger partial charge in [-0.05, 0) is 38.0 Å². The van der Waals surface area contributed by atoms with Gasteiger partial charge in [-0.15, -0.1) is 0 Å². The van der Waals surface area contributed by atoms with E-state index in [1.807, 2.05) is 48.3 Å². The molecule has 23 heavy (non-hydrogen) atoms. The Balaban J connectivity index is 1.42. The van der Waals surface area contributed by atoms with Crippen molar-refractivity contribution < 1.29 is 4.74 Å². The van der Waals surface area contributed by atoms with Gasteiger partial charge in [-0.3, -0.25) is 4.68 Å². The van der Waals surface area contributed by atoms with E-state index < -0.39 is 0 Å². The summed E-state index contributed by atoms with van der Waals surface area (Å²) in [5.41, 5.74) is 2.03. The molecular weight excluding hydrogens is 308 g/mol. The van der Waals surface area contributed by atoms with Crippen LogP contribution in [-0.4, -0.2) is 32.1 Å². The molecule has 0 aliphatic carbocycles. The first kappa shape index (κ1) is 15.9. The van der Waals surface area contributed by atoms with Crippen molar-refractivity contribution in [2.45, 2.75) is 37.9 Å².